The number of benzene rings is 3. The summed E-state index contributed by atoms with van der Waals surface area (Å²) in [4.78, 5) is 71.0. The number of ether oxygens (including phenoxy) is 2. The van der Waals surface area contributed by atoms with Crippen LogP contribution in [0.25, 0.3) is 44.5 Å². The Balaban J connectivity index is 0.982. The molecule has 348 valence electrons. The van der Waals surface area contributed by atoms with Crippen molar-refractivity contribution in [3.63, 3.8) is 0 Å². The lowest BCUT2D eigenvalue weighted by Gasteiger charge is -2.35. The normalized spacial score (nSPS) is 20.8. The third-order valence-corrected chi connectivity index (χ3v) is 13.8. The number of alkyl carbamates (subject to hydrolysis) is 2. The van der Waals surface area contributed by atoms with Gasteiger partial charge in [-0.15, -0.1) is 0 Å². The molecule has 4 heterocycles. The van der Waals surface area contributed by atoms with Gasteiger partial charge in [0.1, 0.15) is 23.7 Å². The number of carbonyl (C=O) groups is 4. The van der Waals surface area contributed by atoms with Crippen LogP contribution in [0.5, 0.6) is 0 Å². The fourth-order valence-corrected chi connectivity index (χ4v) is 9.92. The quantitative estimate of drug-likeness (QED) is 0.101. The molecule has 5 aromatic rings. The number of methoxy groups -OCH3 is 2. The van der Waals surface area contributed by atoms with E-state index in [1.807, 2.05) is 27.7 Å². The van der Waals surface area contributed by atoms with Crippen molar-refractivity contribution in [2.24, 2.45) is 17.3 Å². The number of aromatic nitrogens is 4. The molecule has 4 aliphatic rings. The van der Waals surface area contributed by atoms with Gasteiger partial charge < -0.3 is 39.9 Å². The Kier molecular flexibility index (Phi) is 11.1. The van der Waals surface area contributed by atoms with E-state index in [2.05, 4.69) is 25.6 Å². The minimum Gasteiger partial charge on any atom is -0.453 e. The summed E-state index contributed by atoms with van der Waals surface area (Å²) in [6.07, 6.45) is 3.85. The molecule has 4 amide bonds. The highest BCUT2D eigenvalue weighted by molar-refractivity contribution is 5.88. The predicted octanol–water partition coefficient (Wildman–Crippen LogP) is 8.96. The minimum atomic E-state index is -4.59. The van der Waals surface area contributed by atoms with Crippen LogP contribution in [-0.4, -0.2) is 93.1 Å². The number of halogens is 4. The molecule has 66 heavy (non-hydrogen) atoms. The SMILES string of the molecule is COC(=O)N[C@H](C(=O)N1CC2(CC2)C[C@H]1c1ncc(-c2ccc3c(c2)C(F)(F)C(F)(F)c2cc(-c4ccc5nc([C@@H]6CCCN6C(=O)[C@H](NC(=O)OC)C(C)C)[nH]c5c4)ccc2-3)[nH]1)C(C)C. The van der Waals surface area contributed by atoms with E-state index >= 15 is 17.6 Å². The molecule has 0 unspecified atom stereocenters. The lowest BCUT2D eigenvalue weighted by molar-refractivity contribution is -0.225. The second-order valence-corrected chi connectivity index (χ2v) is 18.8. The number of H-pyrrole nitrogens is 2. The highest BCUT2D eigenvalue weighted by Crippen LogP contribution is 2.60. The van der Waals surface area contributed by atoms with Crippen molar-refractivity contribution in [2.75, 3.05) is 27.3 Å². The molecule has 0 bridgehead atoms. The maximum Gasteiger partial charge on any atom is 0.407 e. The number of amides is 4. The number of carbonyl (C=O) groups excluding carboxylic acids is 4. The molecule has 1 saturated carbocycles. The smallest absolute Gasteiger partial charge is 0.407 e. The van der Waals surface area contributed by atoms with Gasteiger partial charge >= 0.3 is 24.0 Å². The first-order valence-corrected chi connectivity index (χ1v) is 22.3. The van der Waals surface area contributed by atoms with Gasteiger partial charge in [0.2, 0.25) is 11.8 Å². The molecular weight excluding hydrogens is 861 g/mol. The Bertz CT molecular complexity index is 2750. The van der Waals surface area contributed by atoms with E-state index in [0.717, 1.165) is 25.0 Å². The third-order valence-electron chi connectivity index (χ3n) is 13.8. The number of fused-ring (bicyclic) bond motifs is 4. The molecule has 0 radical (unpaired) electrons. The van der Waals surface area contributed by atoms with Gasteiger partial charge in [0.25, 0.3) is 0 Å². The standard InChI is InChI=1S/C48H52F4N8O6/c1-24(2)38(57-44(63)65-5)42(61)59-17-7-8-36(59)41-54-33-14-11-27(20-34(33)55-41)26-9-12-29-30-13-10-28(19-32(30)48(51,52)47(49,50)31(29)18-26)35-22-53-40(56-35)37-21-46(15-16-46)23-60(37)43(62)39(25(3)4)58-45(64)66-6/h9-14,18-20,22,24-25,36-39H,7-8,15-17,21,23H2,1-6H3,(H,53,56)(H,54,55)(H,57,63)(H,58,64)/t36-,37-,38+,39-/m0/s1. The Morgan fingerprint density at radius 1 is 0.727 bits per heavy atom. The van der Waals surface area contributed by atoms with Crippen LogP contribution in [0.3, 0.4) is 0 Å². The van der Waals surface area contributed by atoms with Crippen molar-refractivity contribution >= 4 is 35.0 Å². The summed E-state index contributed by atoms with van der Waals surface area (Å²) in [7, 11) is 2.46. The number of nitrogens with zero attached hydrogens (tertiary/aromatic N) is 4. The van der Waals surface area contributed by atoms with Crippen LogP contribution in [0, 0.1) is 17.3 Å². The second-order valence-electron chi connectivity index (χ2n) is 18.8. The monoisotopic (exact) mass is 912 g/mol. The molecule has 9 rings (SSSR count). The summed E-state index contributed by atoms with van der Waals surface area (Å²) < 4.78 is 74.8. The van der Waals surface area contributed by atoms with E-state index in [9.17, 15) is 19.2 Å². The zero-order valence-corrected chi connectivity index (χ0v) is 37.4. The van der Waals surface area contributed by atoms with Gasteiger partial charge in [0.15, 0.2) is 0 Å². The van der Waals surface area contributed by atoms with Gasteiger partial charge in [-0.2, -0.15) is 17.6 Å². The first-order chi connectivity index (χ1) is 31.4. The summed E-state index contributed by atoms with van der Waals surface area (Å²) >= 11 is 0. The molecule has 2 aliphatic carbocycles. The predicted molar refractivity (Wildman–Crippen MR) is 235 cm³/mol. The van der Waals surface area contributed by atoms with Crippen LogP contribution in [0.2, 0.25) is 0 Å². The average molecular weight is 913 g/mol. The first-order valence-electron chi connectivity index (χ1n) is 22.3. The number of alkyl halides is 4. The van der Waals surface area contributed by atoms with Crippen LogP contribution in [0.15, 0.2) is 60.8 Å². The second kappa shape index (κ2) is 16.5. The van der Waals surface area contributed by atoms with Crippen LogP contribution in [-0.2, 0) is 30.9 Å². The number of imidazole rings is 2. The van der Waals surface area contributed by atoms with Crippen LogP contribution < -0.4 is 10.6 Å². The number of hydrogen-bond donors (Lipinski definition) is 4. The van der Waals surface area contributed by atoms with Crippen LogP contribution >= 0.6 is 0 Å². The van der Waals surface area contributed by atoms with E-state index in [1.165, 1.54) is 32.5 Å². The number of nitrogens with one attached hydrogen (secondary N) is 4. The maximum atomic E-state index is 16.3. The van der Waals surface area contributed by atoms with E-state index in [1.54, 1.807) is 40.1 Å². The van der Waals surface area contributed by atoms with E-state index in [0.29, 0.717) is 71.9 Å². The van der Waals surface area contributed by atoms with Gasteiger partial charge in [0.05, 0.1) is 49.2 Å². The Labute approximate surface area is 378 Å². The van der Waals surface area contributed by atoms with Gasteiger partial charge in [-0.1, -0.05) is 58.0 Å². The molecule has 3 aromatic carbocycles. The van der Waals surface area contributed by atoms with Crippen molar-refractivity contribution in [1.82, 2.24) is 40.4 Å². The minimum absolute atomic E-state index is 0.0195. The summed E-state index contributed by atoms with van der Waals surface area (Å²) in [5.41, 5.74) is 0.728. The van der Waals surface area contributed by atoms with Gasteiger partial charge in [-0.3, -0.25) is 9.59 Å². The maximum absolute atomic E-state index is 16.3. The number of likely N-dealkylation sites (tertiary alicyclic amines) is 2. The molecule has 2 aliphatic heterocycles. The lowest BCUT2D eigenvalue weighted by Crippen LogP contribution is -2.51. The van der Waals surface area contributed by atoms with E-state index in [4.69, 9.17) is 14.5 Å². The topological polar surface area (TPSA) is 175 Å². The van der Waals surface area contributed by atoms with Crippen molar-refractivity contribution in [3.05, 3.63) is 83.6 Å². The fourth-order valence-electron chi connectivity index (χ4n) is 9.92. The molecule has 4 atom stereocenters. The fraction of sp³-hybridized carbons (Fsp3) is 0.458. The van der Waals surface area contributed by atoms with E-state index < -0.39 is 59.3 Å². The summed E-state index contributed by atoms with van der Waals surface area (Å²) in [5.74, 6) is -9.23. The Morgan fingerprint density at radius 2 is 1.29 bits per heavy atom. The van der Waals surface area contributed by atoms with E-state index in [-0.39, 0.29) is 45.8 Å². The van der Waals surface area contributed by atoms with Crippen molar-refractivity contribution in [2.45, 2.75) is 95.8 Å². The molecule has 2 saturated heterocycles. The van der Waals surface area contributed by atoms with Crippen molar-refractivity contribution < 1.29 is 46.2 Å². The van der Waals surface area contributed by atoms with Gasteiger partial charge in [0, 0.05) is 29.8 Å². The molecule has 1 spiro atoms. The highest BCUT2D eigenvalue weighted by atomic mass is 19.3. The highest BCUT2D eigenvalue weighted by Gasteiger charge is 2.63. The largest absolute Gasteiger partial charge is 0.453 e. The molecule has 3 fully saturated rings. The Hall–Kier alpha value is -6.46. The molecule has 18 heteroatoms. The number of hydrogen-bond acceptors (Lipinski definition) is 8. The number of rotatable bonds is 10. The first kappa shape index (κ1) is 44.7. The third kappa shape index (κ3) is 7.60. The molecule has 4 N–H and O–H groups in total. The van der Waals surface area contributed by atoms with Gasteiger partial charge in [-0.25, -0.2) is 19.6 Å². The number of aromatic amines is 2. The molecular formula is C48H52F4N8O6. The summed E-state index contributed by atoms with van der Waals surface area (Å²) in [6, 6.07) is 10.8. The Morgan fingerprint density at radius 3 is 1.88 bits per heavy atom. The van der Waals surface area contributed by atoms with Crippen molar-refractivity contribution in [1.29, 1.82) is 0 Å². The zero-order chi connectivity index (χ0) is 47.0. The summed E-state index contributed by atoms with van der Waals surface area (Å²) in [6.45, 7) is 8.23. The lowest BCUT2D eigenvalue weighted by atomic mass is 9.78. The van der Waals surface area contributed by atoms with Crippen LogP contribution in [0.4, 0.5) is 27.2 Å². The molecule has 14 nitrogen and oxygen atoms in total. The molecule has 2 aromatic heterocycles. The summed E-state index contributed by atoms with van der Waals surface area (Å²) in [5, 5.41) is 5.28. The zero-order valence-electron chi connectivity index (χ0n) is 37.4. The average Bonchev–Trinajstić information content (AvgIpc) is 3.79. The van der Waals surface area contributed by atoms with Crippen molar-refractivity contribution in [3.8, 4) is 33.5 Å². The van der Waals surface area contributed by atoms with Gasteiger partial charge in [-0.05, 0) is 95.9 Å². The van der Waals surface area contributed by atoms with Crippen LogP contribution in [0.1, 0.15) is 94.7 Å².